The molecule has 2 rings (SSSR count). The topological polar surface area (TPSA) is 27.7 Å². The van der Waals surface area contributed by atoms with Crippen LogP contribution in [0.4, 0.5) is 13.2 Å². The van der Waals surface area contributed by atoms with E-state index < -0.39 is 18.9 Å². The maximum atomic E-state index is 12.2. The second-order valence-corrected chi connectivity index (χ2v) is 5.44. The molecule has 0 saturated carbocycles. The van der Waals surface area contributed by atoms with Crippen molar-refractivity contribution < 1.29 is 27.4 Å². The van der Waals surface area contributed by atoms with Crippen LogP contribution >= 0.6 is 0 Å². The zero-order chi connectivity index (χ0) is 16.0. The molecule has 0 aliphatic carbocycles. The van der Waals surface area contributed by atoms with E-state index in [2.05, 4.69) is 0 Å². The van der Waals surface area contributed by atoms with Crippen molar-refractivity contribution in [2.45, 2.75) is 38.7 Å². The van der Waals surface area contributed by atoms with E-state index in [1.165, 1.54) is 0 Å². The smallest absolute Gasteiger partial charge is 0.389 e. The summed E-state index contributed by atoms with van der Waals surface area (Å²) in [5, 5.41) is 0. The Bertz CT molecular complexity index is 437. The van der Waals surface area contributed by atoms with E-state index in [9.17, 15) is 13.2 Å². The Morgan fingerprint density at radius 3 is 2.32 bits per heavy atom. The normalized spacial score (nSPS) is 22.5. The summed E-state index contributed by atoms with van der Waals surface area (Å²) in [5.41, 5.74) is 0.845. The van der Waals surface area contributed by atoms with Gasteiger partial charge < -0.3 is 14.2 Å². The molecule has 1 aliphatic heterocycles. The maximum absolute atomic E-state index is 12.2. The molecule has 0 aromatic heterocycles. The summed E-state index contributed by atoms with van der Waals surface area (Å²) in [6, 6.07) is 7.39. The van der Waals surface area contributed by atoms with E-state index in [4.69, 9.17) is 14.2 Å². The first-order valence-electron chi connectivity index (χ1n) is 7.50. The van der Waals surface area contributed by atoms with Crippen molar-refractivity contribution in [2.24, 2.45) is 5.92 Å². The quantitative estimate of drug-likeness (QED) is 0.774. The number of benzene rings is 1. The van der Waals surface area contributed by atoms with Gasteiger partial charge in [-0.3, -0.25) is 0 Å². The summed E-state index contributed by atoms with van der Waals surface area (Å²) in [6.45, 7) is 3.27. The van der Waals surface area contributed by atoms with Crippen LogP contribution in [0.25, 0.3) is 0 Å². The molecule has 1 aromatic carbocycles. The van der Waals surface area contributed by atoms with Crippen LogP contribution in [0.1, 0.15) is 38.0 Å². The lowest BCUT2D eigenvalue weighted by Crippen LogP contribution is -2.28. The molecule has 0 amide bonds. The highest BCUT2D eigenvalue weighted by Crippen LogP contribution is 2.30. The summed E-state index contributed by atoms with van der Waals surface area (Å²) >= 11 is 0. The van der Waals surface area contributed by atoms with Crippen LogP contribution < -0.4 is 4.74 Å². The van der Waals surface area contributed by atoms with Gasteiger partial charge in [0.2, 0.25) is 0 Å². The number of hydrogen-bond acceptors (Lipinski definition) is 3. The lowest BCUT2D eigenvalue weighted by Gasteiger charge is -2.29. The van der Waals surface area contributed by atoms with Crippen LogP contribution in [-0.2, 0) is 9.47 Å². The Kier molecular flexibility index (Phi) is 6.08. The first kappa shape index (κ1) is 17.1. The van der Waals surface area contributed by atoms with Crippen molar-refractivity contribution in [2.75, 3.05) is 19.8 Å². The largest absolute Gasteiger partial charge is 0.494 e. The van der Waals surface area contributed by atoms with Crippen molar-refractivity contribution in [3.8, 4) is 5.75 Å². The van der Waals surface area contributed by atoms with Gasteiger partial charge in [-0.2, -0.15) is 13.2 Å². The van der Waals surface area contributed by atoms with Gasteiger partial charge in [0, 0.05) is 17.9 Å². The molecule has 1 heterocycles. The highest BCUT2D eigenvalue weighted by atomic mass is 19.4. The Balaban J connectivity index is 1.78. The molecular formula is C16H21F3O3. The van der Waals surface area contributed by atoms with Gasteiger partial charge in [-0.15, -0.1) is 0 Å². The lowest BCUT2D eigenvalue weighted by atomic mass is 10.0. The zero-order valence-corrected chi connectivity index (χ0v) is 12.6. The second-order valence-electron chi connectivity index (χ2n) is 5.44. The Labute approximate surface area is 128 Å². The fraction of sp³-hybridized carbons (Fsp3) is 0.625. The number of rotatable bonds is 6. The fourth-order valence-electron chi connectivity index (χ4n) is 2.21. The third-order valence-corrected chi connectivity index (χ3v) is 3.43. The molecule has 1 fully saturated rings. The molecule has 0 radical (unpaired) electrons. The molecule has 0 unspecified atom stereocenters. The van der Waals surface area contributed by atoms with Crippen LogP contribution in [0, 0.1) is 5.92 Å². The minimum absolute atomic E-state index is 0.0417. The highest BCUT2D eigenvalue weighted by Gasteiger charge is 2.30. The summed E-state index contributed by atoms with van der Waals surface area (Å²) in [4.78, 5) is 0. The monoisotopic (exact) mass is 318 g/mol. The molecule has 124 valence electrons. The molecule has 6 heteroatoms. The van der Waals surface area contributed by atoms with Gasteiger partial charge in [-0.1, -0.05) is 19.1 Å². The average Bonchev–Trinajstić information content (AvgIpc) is 2.51. The molecule has 1 aliphatic rings. The molecule has 0 atom stereocenters. The average molecular weight is 318 g/mol. The van der Waals surface area contributed by atoms with Crippen LogP contribution in [0.2, 0.25) is 0 Å². The Morgan fingerprint density at radius 1 is 1.14 bits per heavy atom. The van der Waals surface area contributed by atoms with E-state index in [-0.39, 0.29) is 25.6 Å². The summed E-state index contributed by atoms with van der Waals surface area (Å²) in [7, 11) is 0. The van der Waals surface area contributed by atoms with Crippen LogP contribution in [-0.4, -0.2) is 26.0 Å². The van der Waals surface area contributed by atoms with E-state index in [1.54, 1.807) is 0 Å². The van der Waals surface area contributed by atoms with Crippen molar-refractivity contribution >= 4 is 0 Å². The van der Waals surface area contributed by atoms with Gasteiger partial charge in [0.05, 0.1) is 19.8 Å². The van der Waals surface area contributed by atoms with Gasteiger partial charge in [-0.25, -0.2) is 0 Å². The first-order chi connectivity index (χ1) is 10.5. The van der Waals surface area contributed by atoms with Crippen molar-refractivity contribution in [1.82, 2.24) is 0 Å². The highest BCUT2D eigenvalue weighted by molar-refractivity contribution is 5.28. The van der Waals surface area contributed by atoms with E-state index >= 15 is 0 Å². The van der Waals surface area contributed by atoms with E-state index in [0.29, 0.717) is 6.61 Å². The first-order valence-corrected chi connectivity index (χ1v) is 7.50. The van der Waals surface area contributed by atoms with Crippen LogP contribution in [0.5, 0.6) is 5.75 Å². The zero-order valence-electron chi connectivity index (χ0n) is 12.6. The second kappa shape index (κ2) is 7.83. The molecule has 1 aromatic rings. The number of hydrogen-bond donors (Lipinski definition) is 0. The minimum Gasteiger partial charge on any atom is -0.494 e. The predicted octanol–water partition coefficient (Wildman–Crippen LogP) is 4.48. The third kappa shape index (κ3) is 5.50. The van der Waals surface area contributed by atoms with Gasteiger partial charge in [0.1, 0.15) is 5.75 Å². The summed E-state index contributed by atoms with van der Waals surface area (Å²) < 4.78 is 53.1. The van der Waals surface area contributed by atoms with Gasteiger partial charge in [-0.05, 0) is 25.0 Å². The Morgan fingerprint density at radius 2 is 1.77 bits per heavy atom. The lowest BCUT2D eigenvalue weighted by molar-refractivity contribution is -0.211. The van der Waals surface area contributed by atoms with E-state index in [1.807, 2.05) is 31.2 Å². The maximum Gasteiger partial charge on any atom is 0.389 e. The van der Waals surface area contributed by atoms with Crippen LogP contribution in [0.15, 0.2) is 24.3 Å². The number of ether oxygens (including phenoxy) is 3. The molecule has 22 heavy (non-hydrogen) atoms. The molecule has 0 N–H and O–H groups in total. The molecule has 0 bridgehead atoms. The molecule has 0 spiro atoms. The van der Waals surface area contributed by atoms with Gasteiger partial charge in [0.15, 0.2) is 6.29 Å². The van der Waals surface area contributed by atoms with Crippen LogP contribution in [0.3, 0.4) is 0 Å². The predicted molar refractivity (Wildman–Crippen MR) is 75.7 cm³/mol. The summed E-state index contributed by atoms with van der Waals surface area (Å²) in [6.07, 6.45) is -4.44. The number of alkyl halides is 3. The molecule has 1 saturated heterocycles. The van der Waals surface area contributed by atoms with Gasteiger partial charge in [0.25, 0.3) is 0 Å². The van der Waals surface area contributed by atoms with E-state index in [0.717, 1.165) is 17.7 Å². The third-order valence-electron chi connectivity index (χ3n) is 3.43. The van der Waals surface area contributed by atoms with Crippen molar-refractivity contribution in [1.29, 1.82) is 0 Å². The fourth-order valence-corrected chi connectivity index (χ4v) is 2.21. The standard InChI is InChI=1S/C16H21F3O3/c1-2-9-20-14-5-3-13(4-6-14)15-21-10-12(11-22-15)7-8-16(17,18)19/h3-6,12,15H,2,7-11H2,1H3. The molecule has 3 nitrogen and oxygen atoms in total. The van der Waals surface area contributed by atoms with Gasteiger partial charge >= 0.3 is 6.18 Å². The SMILES string of the molecule is CCCOc1ccc(C2OCC(CCC(F)(F)F)CO2)cc1. The summed E-state index contributed by atoms with van der Waals surface area (Å²) in [5.74, 6) is 0.578. The van der Waals surface area contributed by atoms with Crippen molar-refractivity contribution in [3.05, 3.63) is 29.8 Å². The number of halogens is 3. The Hall–Kier alpha value is -1.27. The minimum atomic E-state index is -4.12. The molecular weight excluding hydrogens is 297 g/mol. The van der Waals surface area contributed by atoms with Crippen molar-refractivity contribution in [3.63, 3.8) is 0 Å².